The Morgan fingerprint density at radius 3 is 2.06 bits per heavy atom. The fraction of sp³-hybridized carbons (Fsp3) is 0.875. The minimum atomic E-state index is 0.694. The van der Waals surface area contributed by atoms with Crippen LogP contribution in [0.1, 0.15) is 78.6 Å². The number of allylic oxidation sites excluding steroid dienone is 1. The second-order valence-corrected chi connectivity index (χ2v) is 5.46. The number of rotatable bonds is 11. The molecule has 2 unspecified atom stereocenters. The standard InChI is InChI=1S/C16H32/c1-5-7-8-9-10-11-12-13-16(4)14-15(3)6-2/h6,15-16H,2,5,7-14H2,1,3-4H3. The SMILES string of the molecule is C=CC(C)CC(C)CCCCCCCCC. The van der Waals surface area contributed by atoms with Gasteiger partial charge in [0.25, 0.3) is 0 Å². The first kappa shape index (κ1) is 15.7. The summed E-state index contributed by atoms with van der Waals surface area (Å²) in [5, 5.41) is 0. The molecule has 0 saturated heterocycles. The van der Waals surface area contributed by atoms with Crippen LogP contribution in [-0.2, 0) is 0 Å². The summed E-state index contributed by atoms with van der Waals surface area (Å²) in [6.45, 7) is 10.8. The molecule has 0 heterocycles. The maximum absolute atomic E-state index is 3.85. The average Bonchev–Trinajstić information content (AvgIpc) is 2.27. The van der Waals surface area contributed by atoms with Crippen molar-refractivity contribution in [2.24, 2.45) is 11.8 Å². The lowest BCUT2D eigenvalue weighted by atomic mass is 9.92. The van der Waals surface area contributed by atoms with Crippen molar-refractivity contribution in [3.8, 4) is 0 Å². The number of hydrogen-bond acceptors (Lipinski definition) is 0. The molecule has 0 fully saturated rings. The van der Waals surface area contributed by atoms with Crippen molar-refractivity contribution >= 4 is 0 Å². The molecule has 0 saturated carbocycles. The van der Waals surface area contributed by atoms with Crippen molar-refractivity contribution in [3.05, 3.63) is 12.7 Å². The van der Waals surface area contributed by atoms with Gasteiger partial charge in [0.15, 0.2) is 0 Å². The lowest BCUT2D eigenvalue weighted by Crippen LogP contribution is -2.00. The minimum Gasteiger partial charge on any atom is -0.103 e. The molecule has 0 aromatic heterocycles. The summed E-state index contributed by atoms with van der Waals surface area (Å²) in [6, 6.07) is 0. The summed E-state index contributed by atoms with van der Waals surface area (Å²) < 4.78 is 0. The Hall–Kier alpha value is -0.260. The Bertz CT molecular complexity index is 148. The lowest BCUT2D eigenvalue weighted by molar-refractivity contribution is 0.416. The minimum absolute atomic E-state index is 0.694. The van der Waals surface area contributed by atoms with Gasteiger partial charge in [0.2, 0.25) is 0 Å². The molecule has 16 heavy (non-hydrogen) atoms. The zero-order valence-electron chi connectivity index (χ0n) is 11.8. The third-order valence-electron chi connectivity index (χ3n) is 3.48. The molecule has 0 rings (SSSR count). The Kier molecular flexibility index (Phi) is 11.0. The van der Waals surface area contributed by atoms with Crippen LogP contribution in [0.2, 0.25) is 0 Å². The quantitative estimate of drug-likeness (QED) is 0.299. The predicted octanol–water partition coefficient (Wildman–Crippen LogP) is 5.98. The van der Waals surface area contributed by atoms with Gasteiger partial charge in [0.05, 0.1) is 0 Å². The van der Waals surface area contributed by atoms with Crippen molar-refractivity contribution in [2.45, 2.75) is 78.6 Å². The fourth-order valence-electron chi connectivity index (χ4n) is 2.30. The first-order chi connectivity index (χ1) is 7.70. The molecule has 0 aliphatic rings. The molecule has 0 N–H and O–H groups in total. The maximum Gasteiger partial charge on any atom is -0.0262 e. The van der Waals surface area contributed by atoms with Crippen LogP contribution in [0.4, 0.5) is 0 Å². The second-order valence-electron chi connectivity index (χ2n) is 5.46. The van der Waals surface area contributed by atoms with Gasteiger partial charge in [0, 0.05) is 0 Å². The molecule has 0 heteroatoms. The van der Waals surface area contributed by atoms with E-state index in [1.165, 1.54) is 57.8 Å². The van der Waals surface area contributed by atoms with Crippen LogP contribution in [0.3, 0.4) is 0 Å². The van der Waals surface area contributed by atoms with E-state index in [4.69, 9.17) is 0 Å². The van der Waals surface area contributed by atoms with Gasteiger partial charge in [-0.3, -0.25) is 0 Å². The van der Waals surface area contributed by atoms with Gasteiger partial charge in [-0.1, -0.05) is 78.2 Å². The van der Waals surface area contributed by atoms with Gasteiger partial charge in [0.1, 0.15) is 0 Å². The van der Waals surface area contributed by atoms with Gasteiger partial charge < -0.3 is 0 Å². The third-order valence-corrected chi connectivity index (χ3v) is 3.48. The van der Waals surface area contributed by atoms with E-state index in [2.05, 4.69) is 33.4 Å². The molecule has 0 aliphatic carbocycles. The van der Waals surface area contributed by atoms with Crippen LogP contribution < -0.4 is 0 Å². The van der Waals surface area contributed by atoms with Crippen LogP contribution in [-0.4, -0.2) is 0 Å². The molecular weight excluding hydrogens is 192 g/mol. The van der Waals surface area contributed by atoms with E-state index in [9.17, 15) is 0 Å². The Morgan fingerprint density at radius 1 is 0.938 bits per heavy atom. The van der Waals surface area contributed by atoms with E-state index in [1.54, 1.807) is 0 Å². The Labute approximate surface area is 104 Å². The highest BCUT2D eigenvalue weighted by atomic mass is 14.1. The van der Waals surface area contributed by atoms with Crippen molar-refractivity contribution in [2.75, 3.05) is 0 Å². The monoisotopic (exact) mass is 224 g/mol. The van der Waals surface area contributed by atoms with E-state index in [1.807, 2.05) is 0 Å². The van der Waals surface area contributed by atoms with E-state index >= 15 is 0 Å². The highest BCUT2D eigenvalue weighted by Crippen LogP contribution is 2.19. The molecular formula is C16H32. The molecule has 0 spiro atoms. The average molecular weight is 224 g/mol. The summed E-state index contributed by atoms with van der Waals surface area (Å²) in [5.41, 5.74) is 0. The molecule has 0 aromatic rings. The first-order valence-electron chi connectivity index (χ1n) is 7.33. The topological polar surface area (TPSA) is 0 Å². The fourth-order valence-corrected chi connectivity index (χ4v) is 2.30. The van der Waals surface area contributed by atoms with Crippen molar-refractivity contribution in [1.29, 1.82) is 0 Å². The van der Waals surface area contributed by atoms with Crippen molar-refractivity contribution in [3.63, 3.8) is 0 Å². The molecule has 0 aliphatic heterocycles. The Balaban J connectivity index is 3.21. The van der Waals surface area contributed by atoms with E-state index < -0.39 is 0 Å². The van der Waals surface area contributed by atoms with Gasteiger partial charge in [-0.05, 0) is 18.3 Å². The normalized spacial score (nSPS) is 14.7. The van der Waals surface area contributed by atoms with E-state index in [-0.39, 0.29) is 0 Å². The molecule has 0 amide bonds. The summed E-state index contributed by atoms with van der Waals surface area (Å²) in [4.78, 5) is 0. The predicted molar refractivity (Wildman–Crippen MR) is 75.8 cm³/mol. The Morgan fingerprint density at radius 2 is 1.50 bits per heavy atom. The van der Waals surface area contributed by atoms with Crippen molar-refractivity contribution in [1.82, 2.24) is 0 Å². The van der Waals surface area contributed by atoms with E-state index in [0.717, 1.165) is 5.92 Å². The summed E-state index contributed by atoms with van der Waals surface area (Å²) in [7, 11) is 0. The van der Waals surface area contributed by atoms with Crippen LogP contribution in [0.15, 0.2) is 12.7 Å². The highest BCUT2D eigenvalue weighted by molar-refractivity contribution is 4.76. The summed E-state index contributed by atoms with van der Waals surface area (Å²) in [5.74, 6) is 1.57. The number of hydrogen-bond donors (Lipinski definition) is 0. The zero-order valence-corrected chi connectivity index (χ0v) is 11.8. The zero-order chi connectivity index (χ0) is 12.2. The maximum atomic E-state index is 3.85. The van der Waals surface area contributed by atoms with Gasteiger partial charge >= 0.3 is 0 Å². The molecule has 2 atom stereocenters. The highest BCUT2D eigenvalue weighted by Gasteiger charge is 2.05. The molecule has 0 nitrogen and oxygen atoms in total. The summed E-state index contributed by atoms with van der Waals surface area (Å²) >= 11 is 0. The molecule has 0 bridgehead atoms. The lowest BCUT2D eigenvalue weighted by Gasteiger charge is -2.13. The van der Waals surface area contributed by atoms with Crippen LogP contribution in [0.5, 0.6) is 0 Å². The van der Waals surface area contributed by atoms with Crippen LogP contribution in [0, 0.1) is 11.8 Å². The smallest absolute Gasteiger partial charge is 0.0262 e. The van der Waals surface area contributed by atoms with Crippen LogP contribution in [0.25, 0.3) is 0 Å². The largest absolute Gasteiger partial charge is 0.103 e. The van der Waals surface area contributed by atoms with Gasteiger partial charge in [-0.25, -0.2) is 0 Å². The molecule has 96 valence electrons. The molecule has 0 aromatic carbocycles. The third kappa shape index (κ3) is 10.3. The molecule has 0 radical (unpaired) electrons. The second kappa shape index (κ2) is 11.2. The van der Waals surface area contributed by atoms with Crippen molar-refractivity contribution < 1.29 is 0 Å². The summed E-state index contributed by atoms with van der Waals surface area (Å²) in [6.07, 6.45) is 14.8. The number of unbranched alkanes of at least 4 members (excludes halogenated alkanes) is 6. The van der Waals surface area contributed by atoms with E-state index in [0.29, 0.717) is 5.92 Å². The van der Waals surface area contributed by atoms with Crippen LogP contribution >= 0.6 is 0 Å². The first-order valence-corrected chi connectivity index (χ1v) is 7.33. The van der Waals surface area contributed by atoms with Gasteiger partial charge in [-0.2, -0.15) is 0 Å². The van der Waals surface area contributed by atoms with Gasteiger partial charge in [-0.15, -0.1) is 6.58 Å².